The highest BCUT2D eigenvalue weighted by Gasteiger charge is 2.49. The smallest absolute Gasteiger partial charge is 0.255 e. The summed E-state index contributed by atoms with van der Waals surface area (Å²) >= 11 is 0. The first-order valence-electron chi connectivity index (χ1n) is 18.6. The summed E-state index contributed by atoms with van der Waals surface area (Å²) in [6, 6.07) is 5.86. The second-order valence-corrected chi connectivity index (χ2v) is 14.9. The van der Waals surface area contributed by atoms with Crippen molar-refractivity contribution in [2.75, 3.05) is 38.5 Å². The molecule has 11 nitrogen and oxygen atoms in total. The summed E-state index contributed by atoms with van der Waals surface area (Å²) in [4.78, 5) is 43.5. The van der Waals surface area contributed by atoms with Gasteiger partial charge in [0, 0.05) is 56.5 Å². The highest BCUT2D eigenvalue weighted by molar-refractivity contribution is 5.97. The molecule has 5 rings (SSSR count). The summed E-state index contributed by atoms with van der Waals surface area (Å²) in [5.74, 6) is -0.506. The van der Waals surface area contributed by atoms with Crippen LogP contribution in [0.2, 0.25) is 0 Å². The second-order valence-electron chi connectivity index (χ2n) is 14.9. The number of anilines is 1. The Kier molecular flexibility index (Phi) is 13.1. The van der Waals surface area contributed by atoms with Gasteiger partial charge in [-0.3, -0.25) is 24.6 Å². The third-order valence-corrected chi connectivity index (χ3v) is 11.0. The average molecular weight is 697 g/mol. The van der Waals surface area contributed by atoms with E-state index in [1.807, 2.05) is 32.7 Å². The van der Waals surface area contributed by atoms with Crippen LogP contribution in [0, 0.1) is 23.6 Å². The third-order valence-electron chi connectivity index (χ3n) is 11.0. The van der Waals surface area contributed by atoms with Crippen LogP contribution in [0.25, 0.3) is 0 Å². The minimum absolute atomic E-state index is 0.0278. The number of nitrogens with zero attached hydrogens (tertiary/aromatic N) is 2. The normalized spacial score (nSPS) is 24.1. The van der Waals surface area contributed by atoms with Gasteiger partial charge in [0.1, 0.15) is 24.0 Å². The molecule has 0 spiro atoms. The average Bonchev–Trinajstić information content (AvgIpc) is 3.45. The van der Waals surface area contributed by atoms with Crippen LogP contribution in [0.5, 0.6) is 0 Å². The number of aliphatic hydroxyl groups is 1. The molecule has 12 heteroatoms. The lowest BCUT2D eigenvalue weighted by Crippen LogP contribution is -2.61. The van der Waals surface area contributed by atoms with Crippen molar-refractivity contribution >= 4 is 23.4 Å². The maximum Gasteiger partial charge on any atom is 0.255 e. The Morgan fingerprint density at radius 3 is 2.36 bits per heavy atom. The Bertz CT molecular complexity index is 1450. The molecule has 276 valence electrons. The van der Waals surface area contributed by atoms with Gasteiger partial charge in [0.15, 0.2) is 0 Å². The number of likely N-dealkylation sites (N-methyl/N-ethyl adjacent to an activating group) is 1. The van der Waals surface area contributed by atoms with E-state index >= 15 is 4.39 Å². The first-order valence-corrected chi connectivity index (χ1v) is 18.6. The minimum Gasteiger partial charge on any atom is -0.468 e. The fourth-order valence-electron chi connectivity index (χ4n) is 7.93. The summed E-state index contributed by atoms with van der Waals surface area (Å²) in [6.07, 6.45) is 7.17. The van der Waals surface area contributed by atoms with Crippen molar-refractivity contribution in [2.45, 2.75) is 109 Å². The SMILES string of the molecule is CCC(=O)N[C@H](N[C@@H](C)c1ccc(NC(=O)C2CC(NC(=O)c3ccoc3C(C)C)[C@H]2C2CCCCCC2)c(F)c1)C(O)N1CCN(C)CC1. The lowest BCUT2D eigenvalue weighted by molar-refractivity contribution is -0.128. The highest BCUT2D eigenvalue weighted by atomic mass is 19.1. The Balaban J connectivity index is 1.25. The van der Waals surface area contributed by atoms with Gasteiger partial charge in [-0.25, -0.2) is 4.39 Å². The predicted molar refractivity (Wildman–Crippen MR) is 191 cm³/mol. The molecular weight excluding hydrogens is 639 g/mol. The molecule has 1 aliphatic heterocycles. The largest absolute Gasteiger partial charge is 0.468 e. The van der Waals surface area contributed by atoms with Crippen LogP contribution >= 0.6 is 0 Å². The van der Waals surface area contributed by atoms with Gasteiger partial charge in [-0.15, -0.1) is 0 Å². The molecule has 1 saturated heterocycles. The van der Waals surface area contributed by atoms with Crippen molar-refractivity contribution < 1.29 is 28.3 Å². The van der Waals surface area contributed by atoms with Crippen LogP contribution in [0.15, 0.2) is 34.9 Å². The molecule has 2 saturated carbocycles. The Morgan fingerprint density at radius 2 is 1.72 bits per heavy atom. The zero-order valence-electron chi connectivity index (χ0n) is 30.3. The van der Waals surface area contributed by atoms with Crippen molar-refractivity contribution in [3.8, 4) is 0 Å². The van der Waals surface area contributed by atoms with Gasteiger partial charge < -0.3 is 30.4 Å². The summed E-state index contributed by atoms with van der Waals surface area (Å²) in [6.45, 7) is 10.5. The lowest BCUT2D eigenvalue weighted by atomic mass is 9.61. The molecule has 1 aromatic heterocycles. The number of hydrogen-bond donors (Lipinski definition) is 5. The fraction of sp³-hybridized carbons (Fsp3) is 0.658. The molecule has 2 heterocycles. The predicted octanol–water partition coefficient (Wildman–Crippen LogP) is 4.95. The van der Waals surface area contributed by atoms with E-state index in [1.54, 1.807) is 31.4 Å². The van der Waals surface area contributed by atoms with Gasteiger partial charge in [0.05, 0.1) is 17.5 Å². The maximum absolute atomic E-state index is 15.6. The number of furan rings is 1. The van der Waals surface area contributed by atoms with Crippen LogP contribution in [-0.2, 0) is 9.59 Å². The number of halogens is 1. The van der Waals surface area contributed by atoms with Crippen molar-refractivity contribution in [1.29, 1.82) is 0 Å². The van der Waals surface area contributed by atoms with Gasteiger partial charge in [-0.1, -0.05) is 65.4 Å². The molecule has 6 atom stereocenters. The van der Waals surface area contributed by atoms with Crippen LogP contribution < -0.4 is 21.3 Å². The van der Waals surface area contributed by atoms with E-state index in [2.05, 4.69) is 26.2 Å². The van der Waals surface area contributed by atoms with Crippen molar-refractivity contribution in [3.05, 3.63) is 53.2 Å². The molecule has 5 N–H and O–H groups in total. The number of carbonyl (C=O) groups excluding carboxylic acids is 3. The molecule has 2 aliphatic carbocycles. The number of carbonyl (C=O) groups is 3. The molecule has 3 fully saturated rings. The minimum atomic E-state index is -0.959. The zero-order chi connectivity index (χ0) is 35.9. The van der Waals surface area contributed by atoms with Gasteiger partial charge in [-0.05, 0) is 56.0 Å². The Morgan fingerprint density at radius 1 is 1.02 bits per heavy atom. The Hall–Kier alpha value is -3.32. The first kappa shape index (κ1) is 37.9. The fourth-order valence-corrected chi connectivity index (χ4v) is 7.93. The number of nitrogens with one attached hydrogen (secondary N) is 4. The standard InChI is InChI=1S/C38H57FN6O5/c1-6-32(46)43-35(38(49)45-18-16-44(5)17-19-45)40-24(4)26-13-14-30(29(39)21-26)41-37(48)28-22-31(33(28)25-11-9-7-8-10-12-25)42-36(47)27-15-20-50-34(27)23(2)3/h13-15,20-21,23-25,28,31,33,35,38,40,49H,6-12,16-19,22H2,1-5H3,(H,41,48)(H,42,47)(H,43,46)/t24-,28?,31?,33-,35-,38?/m0/s1. The van der Waals surface area contributed by atoms with E-state index in [0.717, 1.165) is 38.8 Å². The maximum atomic E-state index is 15.6. The van der Waals surface area contributed by atoms with Crippen molar-refractivity contribution in [1.82, 2.24) is 25.8 Å². The molecule has 0 bridgehead atoms. The second kappa shape index (κ2) is 17.3. The van der Waals surface area contributed by atoms with Gasteiger partial charge in [0.25, 0.3) is 5.91 Å². The molecule has 3 amide bonds. The van der Waals surface area contributed by atoms with Crippen molar-refractivity contribution in [3.63, 3.8) is 0 Å². The van der Waals surface area contributed by atoms with Gasteiger partial charge in [-0.2, -0.15) is 0 Å². The van der Waals surface area contributed by atoms with Crippen LogP contribution in [0.4, 0.5) is 10.1 Å². The summed E-state index contributed by atoms with van der Waals surface area (Å²) in [5.41, 5.74) is 1.25. The lowest BCUT2D eigenvalue weighted by Gasteiger charge is -2.48. The van der Waals surface area contributed by atoms with E-state index in [4.69, 9.17) is 4.42 Å². The number of rotatable bonds is 13. The molecule has 1 aromatic carbocycles. The molecule has 50 heavy (non-hydrogen) atoms. The third kappa shape index (κ3) is 9.12. The van der Waals surface area contributed by atoms with E-state index in [1.165, 1.54) is 18.9 Å². The van der Waals surface area contributed by atoms with E-state index in [-0.39, 0.29) is 53.6 Å². The Labute approximate surface area is 296 Å². The zero-order valence-corrected chi connectivity index (χ0v) is 30.3. The number of hydrogen-bond acceptors (Lipinski definition) is 8. The monoisotopic (exact) mass is 696 g/mol. The number of amides is 3. The number of aliphatic hydroxyl groups excluding tert-OH is 1. The van der Waals surface area contributed by atoms with Crippen LogP contribution in [0.1, 0.15) is 113 Å². The quantitative estimate of drug-likeness (QED) is 0.147. The van der Waals surface area contributed by atoms with Crippen LogP contribution in [0.3, 0.4) is 0 Å². The summed E-state index contributed by atoms with van der Waals surface area (Å²) in [5, 5.41) is 23.4. The topological polar surface area (TPSA) is 139 Å². The number of piperazine rings is 1. The van der Waals surface area contributed by atoms with Crippen molar-refractivity contribution in [2.24, 2.45) is 17.8 Å². The molecule has 3 unspecified atom stereocenters. The molecular formula is C38H57FN6O5. The summed E-state index contributed by atoms with van der Waals surface area (Å²) in [7, 11) is 2.03. The molecule has 0 radical (unpaired) electrons. The first-order chi connectivity index (χ1) is 24.0. The van der Waals surface area contributed by atoms with Gasteiger partial charge >= 0.3 is 0 Å². The summed E-state index contributed by atoms with van der Waals surface area (Å²) < 4.78 is 21.2. The van der Waals surface area contributed by atoms with E-state index in [0.29, 0.717) is 42.3 Å². The van der Waals surface area contributed by atoms with Crippen LogP contribution in [-0.4, -0.2) is 84.3 Å². The van der Waals surface area contributed by atoms with Gasteiger partial charge in [0.2, 0.25) is 11.8 Å². The van der Waals surface area contributed by atoms with E-state index < -0.39 is 24.3 Å². The highest BCUT2D eigenvalue weighted by Crippen LogP contribution is 2.46. The molecule has 3 aliphatic rings. The molecule has 2 aromatic rings. The van der Waals surface area contributed by atoms with E-state index in [9.17, 15) is 19.5 Å². The number of benzene rings is 1.